The van der Waals surface area contributed by atoms with E-state index in [1.165, 1.54) is 4.90 Å². The molecule has 1 spiro atoms. The number of aliphatic hydroxyl groups excluding tert-OH is 1. The maximum absolute atomic E-state index is 14.2. The number of hydrogen-bond donors (Lipinski definition) is 3. The normalized spacial score (nSPS) is 28.7. The zero-order valence-corrected chi connectivity index (χ0v) is 22.2. The topological polar surface area (TPSA) is 108 Å². The van der Waals surface area contributed by atoms with E-state index in [0.29, 0.717) is 25.8 Å². The summed E-state index contributed by atoms with van der Waals surface area (Å²) in [6.07, 6.45) is 1.08. The molecule has 3 fully saturated rings. The summed E-state index contributed by atoms with van der Waals surface area (Å²) in [5.74, 6) is -2.32. The Labute approximate surface area is 223 Å². The zero-order chi connectivity index (χ0) is 27.1. The first-order valence-corrected chi connectivity index (χ1v) is 13.4. The van der Waals surface area contributed by atoms with Gasteiger partial charge in [-0.2, -0.15) is 0 Å². The molecule has 8 heteroatoms. The van der Waals surface area contributed by atoms with Crippen molar-refractivity contribution in [1.82, 2.24) is 15.5 Å². The van der Waals surface area contributed by atoms with Crippen LogP contribution in [0.1, 0.15) is 44.7 Å². The van der Waals surface area contributed by atoms with Crippen molar-refractivity contribution in [2.24, 2.45) is 11.8 Å². The Bertz CT molecular complexity index is 1180. The molecule has 5 rings (SSSR count). The van der Waals surface area contributed by atoms with Crippen molar-refractivity contribution in [1.29, 1.82) is 0 Å². The van der Waals surface area contributed by atoms with Crippen molar-refractivity contribution in [3.05, 3.63) is 71.8 Å². The maximum atomic E-state index is 14.2. The van der Waals surface area contributed by atoms with Gasteiger partial charge in [0.05, 0.1) is 30.6 Å². The summed E-state index contributed by atoms with van der Waals surface area (Å²) < 4.78 is 6.50. The van der Waals surface area contributed by atoms with Crippen LogP contribution in [0.5, 0.6) is 0 Å². The second-order valence-electron chi connectivity index (χ2n) is 11.8. The quantitative estimate of drug-likeness (QED) is 0.496. The van der Waals surface area contributed by atoms with Crippen molar-refractivity contribution >= 4 is 17.7 Å². The average Bonchev–Trinajstić information content (AvgIpc) is 3.53. The van der Waals surface area contributed by atoms with Crippen LogP contribution in [0.3, 0.4) is 0 Å². The zero-order valence-electron chi connectivity index (χ0n) is 22.2. The van der Waals surface area contributed by atoms with Gasteiger partial charge in [-0.1, -0.05) is 60.7 Å². The molecule has 8 nitrogen and oxygen atoms in total. The van der Waals surface area contributed by atoms with E-state index >= 15 is 0 Å². The Morgan fingerprint density at radius 1 is 1.05 bits per heavy atom. The van der Waals surface area contributed by atoms with Crippen molar-refractivity contribution in [3.63, 3.8) is 0 Å². The van der Waals surface area contributed by atoms with Gasteiger partial charge in [0.2, 0.25) is 17.7 Å². The van der Waals surface area contributed by atoms with Gasteiger partial charge in [-0.05, 0) is 51.2 Å². The van der Waals surface area contributed by atoms with Crippen LogP contribution >= 0.6 is 0 Å². The number of ether oxygens (including phenoxy) is 1. The van der Waals surface area contributed by atoms with Gasteiger partial charge in [0.25, 0.3) is 0 Å². The highest BCUT2D eigenvalue weighted by Crippen LogP contribution is 2.58. The lowest BCUT2D eigenvalue weighted by Gasteiger charge is -2.38. The monoisotopic (exact) mass is 519 g/mol. The van der Waals surface area contributed by atoms with Crippen LogP contribution in [0, 0.1) is 11.8 Å². The summed E-state index contributed by atoms with van der Waals surface area (Å²) in [5.41, 5.74) is 0.282. The minimum Gasteiger partial charge on any atom is -0.394 e. The van der Waals surface area contributed by atoms with Gasteiger partial charge in [-0.15, -0.1) is 0 Å². The molecule has 2 unspecified atom stereocenters. The van der Waals surface area contributed by atoms with E-state index in [0.717, 1.165) is 11.1 Å². The third-order valence-corrected chi connectivity index (χ3v) is 8.02. The molecule has 2 aromatic rings. The number of carbonyl (C=O) groups is 3. The molecular weight excluding hydrogens is 482 g/mol. The lowest BCUT2D eigenvalue weighted by Crippen LogP contribution is -2.60. The SMILES string of the molecule is CC(C)(C)NC(=O)C1N([C@@H](CO)Cc2ccccc2)C(=O)[C@@H]2[C@@H](C(=O)NCc3ccccc3)[C@H]3CCC12O3. The van der Waals surface area contributed by atoms with Crippen molar-refractivity contribution in [3.8, 4) is 0 Å². The Hall–Kier alpha value is -3.23. The van der Waals surface area contributed by atoms with Crippen LogP contribution < -0.4 is 10.6 Å². The molecule has 3 amide bonds. The summed E-state index contributed by atoms with van der Waals surface area (Å²) in [7, 11) is 0. The molecule has 3 heterocycles. The summed E-state index contributed by atoms with van der Waals surface area (Å²) in [5, 5.41) is 16.5. The first-order chi connectivity index (χ1) is 18.1. The predicted molar refractivity (Wildman–Crippen MR) is 142 cm³/mol. The number of amides is 3. The molecule has 2 bridgehead atoms. The van der Waals surface area contributed by atoms with Gasteiger partial charge < -0.3 is 25.4 Å². The van der Waals surface area contributed by atoms with Gasteiger partial charge in [-0.25, -0.2) is 0 Å². The van der Waals surface area contributed by atoms with Crippen molar-refractivity contribution in [2.75, 3.05) is 6.61 Å². The first kappa shape index (κ1) is 26.4. The highest BCUT2D eigenvalue weighted by atomic mass is 16.5. The molecule has 2 aromatic carbocycles. The number of aliphatic hydroxyl groups is 1. The van der Waals surface area contributed by atoms with Crippen molar-refractivity contribution < 1.29 is 24.2 Å². The smallest absolute Gasteiger partial charge is 0.246 e. The molecule has 0 saturated carbocycles. The van der Waals surface area contributed by atoms with Crippen LogP contribution in [0.25, 0.3) is 0 Å². The molecule has 3 N–H and O–H groups in total. The molecule has 3 aliphatic rings. The van der Waals surface area contributed by atoms with Gasteiger partial charge in [0.15, 0.2) is 0 Å². The highest BCUT2D eigenvalue weighted by molar-refractivity contribution is 5.99. The molecule has 0 aliphatic carbocycles. The summed E-state index contributed by atoms with van der Waals surface area (Å²) in [6, 6.07) is 17.7. The molecule has 3 saturated heterocycles. The minimum atomic E-state index is -1.10. The number of carbonyl (C=O) groups excluding carboxylic acids is 3. The fraction of sp³-hybridized carbons (Fsp3) is 0.500. The van der Waals surface area contributed by atoms with Crippen LogP contribution in [-0.4, -0.2) is 63.7 Å². The number of benzene rings is 2. The lowest BCUT2D eigenvalue weighted by atomic mass is 9.70. The largest absolute Gasteiger partial charge is 0.394 e. The number of nitrogens with zero attached hydrogens (tertiary/aromatic N) is 1. The summed E-state index contributed by atoms with van der Waals surface area (Å²) in [6.45, 7) is 5.71. The van der Waals surface area contributed by atoms with E-state index in [2.05, 4.69) is 10.6 Å². The fourth-order valence-electron chi connectivity index (χ4n) is 6.56. The lowest BCUT2D eigenvalue weighted by molar-refractivity contribution is -0.146. The predicted octanol–water partition coefficient (Wildman–Crippen LogP) is 2.20. The van der Waals surface area contributed by atoms with Gasteiger partial charge in [-0.3, -0.25) is 14.4 Å². The number of fused-ring (bicyclic) bond motifs is 1. The van der Waals surface area contributed by atoms with Crippen LogP contribution in [0.2, 0.25) is 0 Å². The van der Waals surface area contributed by atoms with Gasteiger partial charge >= 0.3 is 0 Å². The standard InChI is InChI=1S/C30H37N3O5/c1-29(2,3)32-27(36)25-30-15-14-22(38-30)23(26(35)31-17-20-12-8-5-9-13-20)24(30)28(37)33(25)21(18-34)16-19-10-6-4-7-11-19/h4-13,21-25,34H,14-18H2,1-3H3,(H,31,35)(H,32,36)/t21-,22-,23+,24+,25?,30?/m1/s1. The van der Waals surface area contributed by atoms with E-state index in [1.807, 2.05) is 81.4 Å². The summed E-state index contributed by atoms with van der Waals surface area (Å²) in [4.78, 5) is 43.1. The Morgan fingerprint density at radius 3 is 2.29 bits per heavy atom. The Balaban J connectivity index is 1.47. The molecule has 38 heavy (non-hydrogen) atoms. The van der Waals surface area contributed by atoms with E-state index < -0.39 is 41.2 Å². The molecule has 0 radical (unpaired) electrons. The maximum Gasteiger partial charge on any atom is 0.246 e. The third-order valence-electron chi connectivity index (χ3n) is 8.02. The van der Waals surface area contributed by atoms with E-state index in [4.69, 9.17) is 4.74 Å². The van der Waals surface area contributed by atoms with E-state index in [1.54, 1.807) is 0 Å². The molecule has 202 valence electrons. The highest BCUT2D eigenvalue weighted by Gasteiger charge is 2.75. The van der Waals surface area contributed by atoms with Crippen LogP contribution in [0.4, 0.5) is 0 Å². The average molecular weight is 520 g/mol. The molecule has 3 aliphatic heterocycles. The van der Waals surface area contributed by atoms with Crippen molar-refractivity contribution in [2.45, 2.75) is 75.9 Å². The number of hydrogen-bond acceptors (Lipinski definition) is 5. The third kappa shape index (κ3) is 4.71. The molecule has 0 aromatic heterocycles. The van der Waals surface area contributed by atoms with E-state index in [-0.39, 0.29) is 24.3 Å². The molecule has 6 atom stereocenters. The number of rotatable bonds is 8. The van der Waals surface area contributed by atoms with E-state index in [9.17, 15) is 19.5 Å². The second kappa shape index (κ2) is 10.2. The van der Waals surface area contributed by atoms with Gasteiger partial charge in [0, 0.05) is 12.1 Å². The Kier molecular flexibility index (Phi) is 7.05. The first-order valence-electron chi connectivity index (χ1n) is 13.4. The van der Waals surface area contributed by atoms with Crippen LogP contribution in [-0.2, 0) is 32.1 Å². The minimum absolute atomic E-state index is 0.237. The summed E-state index contributed by atoms with van der Waals surface area (Å²) >= 11 is 0. The van der Waals surface area contributed by atoms with Crippen LogP contribution in [0.15, 0.2) is 60.7 Å². The number of likely N-dealkylation sites (tertiary alicyclic amines) is 1. The number of nitrogens with one attached hydrogen (secondary N) is 2. The Morgan fingerprint density at radius 2 is 1.68 bits per heavy atom. The second-order valence-corrected chi connectivity index (χ2v) is 11.8. The molecular formula is C30H37N3O5. The van der Waals surface area contributed by atoms with Gasteiger partial charge in [0.1, 0.15) is 11.6 Å². The fourth-order valence-corrected chi connectivity index (χ4v) is 6.56.